The molecule has 0 aromatic heterocycles. The molecule has 2 rings (SSSR count). The second kappa shape index (κ2) is 5.28. The maximum absolute atomic E-state index is 6.23. The zero-order chi connectivity index (χ0) is 10.6. The van der Waals surface area contributed by atoms with Crippen LogP contribution in [-0.2, 0) is 9.47 Å². The van der Waals surface area contributed by atoms with Crippen molar-refractivity contribution in [3.05, 3.63) is 0 Å². The summed E-state index contributed by atoms with van der Waals surface area (Å²) in [5, 5.41) is 3.50. The van der Waals surface area contributed by atoms with Gasteiger partial charge in [0, 0.05) is 19.7 Å². The average Bonchev–Trinajstić information content (AvgIpc) is 2.28. The Labute approximate surface area is 92.5 Å². The van der Waals surface area contributed by atoms with Crippen LogP contribution in [0.2, 0.25) is 0 Å². The molecule has 15 heavy (non-hydrogen) atoms. The quantitative estimate of drug-likeness (QED) is 0.774. The van der Waals surface area contributed by atoms with Crippen LogP contribution < -0.4 is 5.32 Å². The molecule has 1 saturated carbocycles. The number of hydrogen-bond donors (Lipinski definition) is 1. The largest absolute Gasteiger partial charge is 0.379 e. The van der Waals surface area contributed by atoms with Crippen LogP contribution in [-0.4, -0.2) is 38.0 Å². The SMILES string of the molecule is CCOCC1CNCC2(CCCCC2)O1. The molecule has 0 amide bonds. The lowest BCUT2D eigenvalue weighted by Crippen LogP contribution is -2.55. The topological polar surface area (TPSA) is 30.5 Å². The Kier molecular flexibility index (Phi) is 4.00. The van der Waals surface area contributed by atoms with E-state index in [2.05, 4.69) is 5.32 Å². The molecule has 0 aromatic carbocycles. The molecule has 1 atom stereocenters. The zero-order valence-corrected chi connectivity index (χ0v) is 9.76. The number of morpholine rings is 1. The third-order valence-corrected chi connectivity index (χ3v) is 3.51. The lowest BCUT2D eigenvalue weighted by atomic mass is 9.83. The van der Waals surface area contributed by atoms with Crippen molar-refractivity contribution in [2.75, 3.05) is 26.3 Å². The predicted octanol–water partition coefficient (Wildman–Crippen LogP) is 1.71. The number of hydrogen-bond acceptors (Lipinski definition) is 3. The molecular formula is C12H23NO2. The Morgan fingerprint density at radius 1 is 1.33 bits per heavy atom. The molecule has 1 spiro atoms. The summed E-state index contributed by atoms with van der Waals surface area (Å²) in [6.45, 7) is 5.54. The molecule has 3 heteroatoms. The van der Waals surface area contributed by atoms with Crippen molar-refractivity contribution in [1.82, 2.24) is 5.32 Å². The summed E-state index contributed by atoms with van der Waals surface area (Å²) in [6.07, 6.45) is 6.73. The average molecular weight is 213 g/mol. The Bertz CT molecular complexity index is 185. The third-order valence-electron chi connectivity index (χ3n) is 3.51. The van der Waals surface area contributed by atoms with E-state index in [1.54, 1.807) is 0 Å². The van der Waals surface area contributed by atoms with Crippen molar-refractivity contribution in [2.24, 2.45) is 0 Å². The summed E-state index contributed by atoms with van der Waals surface area (Å²) in [6, 6.07) is 0. The minimum atomic E-state index is 0.137. The van der Waals surface area contributed by atoms with Gasteiger partial charge in [-0.05, 0) is 19.8 Å². The van der Waals surface area contributed by atoms with Crippen LogP contribution in [0.25, 0.3) is 0 Å². The van der Waals surface area contributed by atoms with Crippen molar-refractivity contribution in [2.45, 2.75) is 50.7 Å². The highest BCUT2D eigenvalue weighted by molar-refractivity contribution is 4.91. The minimum Gasteiger partial charge on any atom is -0.379 e. The first-order valence-corrected chi connectivity index (χ1v) is 6.31. The van der Waals surface area contributed by atoms with Crippen molar-refractivity contribution in [1.29, 1.82) is 0 Å². The van der Waals surface area contributed by atoms with Gasteiger partial charge in [0.15, 0.2) is 0 Å². The fraction of sp³-hybridized carbons (Fsp3) is 1.00. The molecule has 0 radical (unpaired) electrons. The van der Waals surface area contributed by atoms with E-state index in [4.69, 9.17) is 9.47 Å². The normalized spacial score (nSPS) is 30.6. The minimum absolute atomic E-state index is 0.137. The molecule has 88 valence electrons. The summed E-state index contributed by atoms with van der Waals surface area (Å²) in [4.78, 5) is 0. The van der Waals surface area contributed by atoms with Gasteiger partial charge in [0.05, 0.1) is 18.3 Å². The monoisotopic (exact) mass is 213 g/mol. The van der Waals surface area contributed by atoms with E-state index in [1.807, 2.05) is 6.92 Å². The van der Waals surface area contributed by atoms with E-state index in [9.17, 15) is 0 Å². The van der Waals surface area contributed by atoms with Crippen LogP contribution >= 0.6 is 0 Å². The standard InChI is InChI=1S/C12H23NO2/c1-2-14-9-11-8-13-10-12(15-11)6-4-3-5-7-12/h11,13H,2-10H2,1H3. The van der Waals surface area contributed by atoms with E-state index in [1.165, 1.54) is 32.1 Å². The highest BCUT2D eigenvalue weighted by Crippen LogP contribution is 2.33. The Balaban J connectivity index is 1.85. The fourth-order valence-corrected chi connectivity index (χ4v) is 2.73. The fourth-order valence-electron chi connectivity index (χ4n) is 2.73. The van der Waals surface area contributed by atoms with E-state index in [0.29, 0.717) is 0 Å². The van der Waals surface area contributed by atoms with Gasteiger partial charge < -0.3 is 14.8 Å². The molecule has 2 fully saturated rings. The van der Waals surface area contributed by atoms with Gasteiger partial charge >= 0.3 is 0 Å². The first-order valence-electron chi connectivity index (χ1n) is 6.31. The summed E-state index contributed by atoms with van der Waals surface area (Å²) in [7, 11) is 0. The van der Waals surface area contributed by atoms with E-state index < -0.39 is 0 Å². The van der Waals surface area contributed by atoms with Crippen LogP contribution in [0.5, 0.6) is 0 Å². The summed E-state index contributed by atoms with van der Waals surface area (Å²) in [5.74, 6) is 0. The molecule has 1 N–H and O–H groups in total. The van der Waals surface area contributed by atoms with Gasteiger partial charge in [-0.3, -0.25) is 0 Å². The summed E-state index contributed by atoms with van der Waals surface area (Å²) < 4.78 is 11.7. The summed E-state index contributed by atoms with van der Waals surface area (Å²) in [5.41, 5.74) is 0.137. The molecule has 1 aliphatic carbocycles. The Hall–Kier alpha value is -0.120. The summed E-state index contributed by atoms with van der Waals surface area (Å²) >= 11 is 0. The lowest BCUT2D eigenvalue weighted by molar-refractivity contribution is -0.151. The van der Waals surface area contributed by atoms with Crippen molar-refractivity contribution >= 4 is 0 Å². The molecule has 0 aromatic rings. The zero-order valence-electron chi connectivity index (χ0n) is 9.76. The molecule has 1 heterocycles. The van der Waals surface area contributed by atoms with Crippen LogP contribution in [0.15, 0.2) is 0 Å². The number of nitrogens with one attached hydrogen (secondary N) is 1. The van der Waals surface area contributed by atoms with Gasteiger partial charge in [0.25, 0.3) is 0 Å². The van der Waals surface area contributed by atoms with Gasteiger partial charge in [-0.2, -0.15) is 0 Å². The number of rotatable bonds is 3. The van der Waals surface area contributed by atoms with Crippen LogP contribution in [0.1, 0.15) is 39.0 Å². The van der Waals surface area contributed by atoms with Crippen LogP contribution in [0, 0.1) is 0 Å². The third kappa shape index (κ3) is 2.92. The Morgan fingerprint density at radius 2 is 2.13 bits per heavy atom. The molecule has 1 saturated heterocycles. The van der Waals surface area contributed by atoms with Gasteiger partial charge in [-0.25, -0.2) is 0 Å². The van der Waals surface area contributed by atoms with Gasteiger partial charge in [0.1, 0.15) is 0 Å². The van der Waals surface area contributed by atoms with Gasteiger partial charge in [-0.1, -0.05) is 19.3 Å². The molecule has 2 aliphatic rings. The van der Waals surface area contributed by atoms with Crippen LogP contribution in [0.3, 0.4) is 0 Å². The predicted molar refractivity (Wildman–Crippen MR) is 60.1 cm³/mol. The van der Waals surface area contributed by atoms with E-state index >= 15 is 0 Å². The molecular weight excluding hydrogens is 190 g/mol. The molecule has 1 unspecified atom stereocenters. The Morgan fingerprint density at radius 3 is 2.87 bits per heavy atom. The maximum atomic E-state index is 6.23. The lowest BCUT2D eigenvalue weighted by Gasteiger charge is -2.44. The first-order chi connectivity index (χ1) is 7.35. The first kappa shape index (κ1) is 11.4. The van der Waals surface area contributed by atoms with Gasteiger partial charge in [0.2, 0.25) is 0 Å². The van der Waals surface area contributed by atoms with Crippen LogP contribution in [0.4, 0.5) is 0 Å². The number of ether oxygens (including phenoxy) is 2. The van der Waals surface area contributed by atoms with E-state index in [0.717, 1.165) is 26.3 Å². The molecule has 1 aliphatic heterocycles. The molecule has 3 nitrogen and oxygen atoms in total. The highest BCUT2D eigenvalue weighted by Gasteiger charge is 2.38. The van der Waals surface area contributed by atoms with Crippen molar-refractivity contribution in [3.63, 3.8) is 0 Å². The smallest absolute Gasteiger partial charge is 0.0940 e. The van der Waals surface area contributed by atoms with Crippen molar-refractivity contribution in [3.8, 4) is 0 Å². The van der Waals surface area contributed by atoms with Gasteiger partial charge in [-0.15, -0.1) is 0 Å². The second-order valence-electron chi connectivity index (χ2n) is 4.77. The second-order valence-corrected chi connectivity index (χ2v) is 4.77. The van der Waals surface area contributed by atoms with Crippen molar-refractivity contribution < 1.29 is 9.47 Å². The highest BCUT2D eigenvalue weighted by atomic mass is 16.5. The maximum Gasteiger partial charge on any atom is 0.0940 e. The molecule has 0 bridgehead atoms. The van der Waals surface area contributed by atoms with E-state index in [-0.39, 0.29) is 11.7 Å².